The molecule has 1 saturated heterocycles. The van der Waals surface area contributed by atoms with Gasteiger partial charge in [0.25, 0.3) is 0 Å². The summed E-state index contributed by atoms with van der Waals surface area (Å²) in [5, 5.41) is 8.78. The summed E-state index contributed by atoms with van der Waals surface area (Å²) in [7, 11) is 0. The van der Waals surface area contributed by atoms with Crippen molar-refractivity contribution in [2.75, 3.05) is 13.1 Å². The van der Waals surface area contributed by atoms with Gasteiger partial charge in [0, 0.05) is 6.42 Å². The van der Waals surface area contributed by atoms with E-state index in [2.05, 4.69) is 6.08 Å². The molecule has 0 saturated carbocycles. The summed E-state index contributed by atoms with van der Waals surface area (Å²) < 4.78 is 0.302. The Kier molecular flexibility index (Phi) is 0.951. The average Bonchev–Trinajstić information content (AvgIpc) is 2.61. The first-order chi connectivity index (χ1) is 4.76. The van der Waals surface area contributed by atoms with Crippen molar-refractivity contribution in [3.8, 4) is 0 Å². The number of quaternary nitrogens is 1. The van der Waals surface area contributed by atoms with Crippen molar-refractivity contribution in [3.05, 3.63) is 12.2 Å². The highest BCUT2D eigenvalue weighted by Gasteiger charge is 2.61. The van der Waals surface area contributed by atoms with Crippen LogP contribution < -0.4 is 0 Å². The van der Waals surface area contributed by atoms with E-state index >= 15 is 0 Å². The number of nitrogens with zero attached hydrogens (tertiary/aromatic N) is 1. The second kappa shape index (κ2) is 1.61. The standard InChI is InChI=1S/C7H9NO2/c9-7(10)8-4-2-1-3-6(8)5-8/h1-2,6H,3-5H2/p+1. The zero-order valence-electron chi connectivity index (χ0n) is 5.66. The van der Waals surface area contributed by atoms with E-state index in [1.807, 2.05) is 6.08 Å². The van der Waals surface area contributed by atoms with E-state index < -0.39 is 6.09 Å². The van der Waals surface area contributed by atoms with E-state index in [0.29, 0.717) is 17.1 Å². The van der Waals surface area contributed by atoms with Gasteiger partial charge >= 0.3 is 6.09 Å². The molecule has 2 atom stereocenters. The van der Waals surface area contributed by atoms with E-state index in [4.69, 9.17) is 5.11 Å². The van der Waals surface area contributed by atoms with Crippen molar-refractivity contribution >= 4 is 6.09 Å². The van der Waals surface area contributed by atoms with Gasteiger partial charge in [-0.15, -0.1) is 0 Å². The van der Waals surface area contributed by atoms with Crippen LogP contribution in [0.4, 0.5) is 4.79 Å². The molecule has 2 heterocycles. The fourth-order valence-electron chi connectivity index (χ4n) is 1.66. The predicted molar refractivity (Wildman–Crippen MR) is 35.6 cm³/mol. The van der Waals surface area contributed by atoms with Gasteiger partial charge in [0.2, 0.25) is 0 Å². The van der Waals surface area contributed by atoms with Gasteiger partial charge in [-0.2, -0.15) is 4.79 Å². The van der Waals surface area contributed by atoms with E-state index in [1.54, 1.807) is 0 Å². The smallest absolute Gasteiger partial charge is 0.435 e. The van der Waals surface area contributed by atoms with Crippen LogP contribution >= 0.6 is 0 Å². The molecular formula is C7H10NO2+. The fourth-order valence-corrected chi connectivity index (χ4v) is 1.66. The highest BCUT2D eigenvalue weighted by Crippen LogP contribution is 2.36. The lowest BCUT2D eigenvalue weighted by molar-refractivity contribution is -0.731. The maximum Gasteiger partial charge on any atom is 0.514 e. The predicted octanol–water partition coefficient (Wildman–Crippen LogP) is 0.823. The van der Waals surface area contributed by atoms with E-state index in [0.717, 1.165) is 13.0 Å². The Hall–Kier alpha value is -0.830. The Labute approximate surface area is 59.2 Å². The summed E-state index contributed by atoms with van der Waals surface area (Å²) in [5.74, 6) is 0. The molecule has 2 rings (SSSR count). The normalized spacial score (nSPS) is 42.6. The summed E-state index contributed by atoms with van der Waals surface area (Å²) in [6.45, 7) is 1.53. The zero-order chi connectivity index (χ0) is 7.19. The van der Waals surface area contributed by atoms with Gasteiger partial charge < -0.3 is 5.11 Å². The van der Waals surface area contributed by atoms with Crippen molar-refractivity contribution < 1.29 is 14.4 Å². The molecule has 1 fully saturated rings. The quantitative estimate of drug-likeness (QED) is 0.307. The number of hydrogen-bond acceptors (Lipinski definition) is 1. The molecule has 10 heavy (non-hydrogen) atoms. The summed E-state index contributed by atoms with van der Waals surface area (Å²) in [5.41, 5.74) is 0. The second-order valence-electron chi connectivity index (χ2n) is 3.04. The van der Waals surface area contributed by atoms with Gasteiger partial charge in [0.15, 0.2) is 6.04 Å². The van der Waals surface area contributed by atoms with Crippen LogP contribution in [0.25, 0.3) is 0 Å². The third-order valence-corrected chi connectivity index (χ3v) is 2.49. The molecule has 0 aliphatic carbocycles. The first kappa shape index (κ1) is 5.92. The minimum absolute atomic E-state index is 0.302. The van der Waals surface area contributed by atoms with Gasteiger partial charge in [0.1, 0.15) is 13.1 Å². The molecule has 2 unspecified atom stereocenters. The lowest BCUT2D eigenvalue weighted by Crippen LogP contribution is -2.36. The van der Waals surface area contributed by atoms with E-state index in [1.165, 1.54) is 0 Å². The Morgan fingerprint density at radius 3 is 2.90 bits per heavy atom. The van der Waals surface area contributed by atoms with Crippen molar-refractivity contribution in [2.45, 2.75) is 12.5 Å². The summed E-state index contributed by atoms with van der Waals surface area (Å²) in [4.78, 5) is 10.7. The van der Waals surface area contributed by atoms with Crippen LogP contribution in [0.15, 0.2) is 12.2 Å². The van der Waals surface area contributed by atoms with Crippen LogP contribution in [0.5, 0.6) is 0 Å². The number of rotatable bonds is 0. The minimum atomic E-state index is -0.658. The number of fused-ring (bicyclic) bond motifs is 1. The van der Waals surface area contributed by atoms with Crippen LogP contribution in [0.2, 0.25) is 0 Å². The molecule has 0 bridgehead atoms. The number of amides is 1. The van der Waals surface area contributed by atoms with Crippen LogP contribution in [-0.4, -0.2) is 34.8 Å². The lowest BCUT2D eigenvalue weighted by atomic mass is 10.2. The topological polar surface area (TPSA) is 37.3 Å². The minimum Gasteiger partial charge on any atom is -0.435 e. The lowest BCUT2D eigenvalue weighted by Gasteiger charge is -2.13. The number of carboxylic acid groups (broad SMARTS) is 1. The van der Waals surface area contributed by atoms with Crippen molar-refractivity contribution in [3.63, 3.8) is 0 Å². The molecule has 0 aromatic carbocycles. The maximum atomic E-state index is 10.7. The third kappa shape index (κ3) is 0.555. The molecule has 54 valence electrons. The Morgan fingerprint density at radius 1 is 1.60 bits per heavy atom. The van der Waals surface area contributed by atoms with E-state index in [9.17, 15) is 4.79 Å². The molecule has 2 aliphatic rings. The first-order valence-corrected chi connectivity index (χ1v) is 3.51. The fraction of sp³-hybridized carbons (Fsp3) is 0.571. The Bertz CT molecular complexity index is 212. The molecule has 3 heteroatoms. The Morgan fingerprint density at radius 2 is 2.40 bits per heavy atom. The highest BCUT2D eigenvalue weighted by atomic mass is 16.4. The van der Waals surface area contributed by atoms with Crippen LogP contribution in [0.1, 0.15) is 6.42 Å². The summed E-state index contributed by atoms with van der Waals surface area (Å²) in [6, 6.07) is 0.391. The van der Waals surface area contributed by atoms with Crippen LogP contribution in [-0.2, 0) is 0 Å². The molecule has 0 aromatic heterocycles. The van der Waals surface area contributed by atoms with E-state index in [-0.39, 0.29) is 0 Å². The van der Waals surface area contributed by atoms with Crippen molar-refractivity contribution in [1.29, 1.82) is 0 Å². The third-order valence-electron chi connectivity index (χ3n) is 2.49. The Balaban J connectivity index is 2.21. The molecule has 1 N–H and O–H groups in total. The first-order valence-electron chi connectivity index (χ1n) is 3.51. The summed E-state index contributed by atoms with van der Waals surface area (Å²) in [6.07, 6.45) is 4.34. The van der Waals surface area contributed by atoms with Gasteiger partial charge in [-0.1, -0.05) is 6.08 Å². The highest BCUT2D eigenvalue weighted by molar-refractivity contribution is 5.59. The second-order valence-corrected chi connectivity index (χ2v) is 3.04. The molecule has 1 amide bonds. The van der Waals surface area contributed by atoms with Gasteiger partial charge in [-0.25, -0.2) is 4.48 Å². The van der Waals surface area contributed by atoms with Crippen LogP contribution in [0, 0.1) is 0 Å². The molecule has 3 nitrogen and oxygen atoms in total. The molecule has 0 radical (unpaired) electrons. The number of carbonyl (C=O) groups is 1. The van der Waals surface area contributed by atoms with Crippen LogP contribution in [0.3, 0.4) is 0 Å². The monoisotopic (exact) mass is 140 g/mol. The summed E-state index contributed by atoms with van der Waals surface area (Å²) >= 11 is 0. The maximum absolute atomic E-state index is 10.7. The van der Waals surface area contributed by atoms with Crippen molar-refractivity contribution in [2.24, 2.45) is 0 Å². The largest absolute Gasteiger partial charge is 0.514 e. The number of hydrogen-bond donors (Lipinski definition) is 1. The SMILES string of the molecule is O=C(O)[N+]12CC=CCC1C2. The van der Waals surface area contributed by atoms with Gasteiger partial charge in [0.05, 0.1) is 0 Å². The molecule has 2 aliphatic heterocycles. The van der Waals surface area contributed by atoms with Gasteiger partial charge in [-0.05, 0) is 6.08 Å². The molecular weight excluding hydrogens is 130 g/mol. The molecule has 0 aromatic rings. The van der Waals surface area contributed by atoms with Gasteiger partial charge in [-0.3, -0.25) is 0 Å². The molecule has 0 spiro atoms. The zero-order valence-corrected chi connectivity index (χ0v) is 5.66. The van der Waals surface area contributed by atoms with Crippen molar-refractivity contribution in [1.82, 2.24) is 0 Å². The average molecular weight is 140 g/mol.